The zero-order valence-electron chi connectivity index (χ0n) is 28.7. The van der Waals surface area contributed by atoms with Crippen LogP contribution in [0.3, 0.4) is 0 Å². The van der Waals surface area contributed by atoms with Crippen molar-refractivity contribution >= 4 is 19.6 Å². The van der Waals surface area contributed by atoms with E-state index >= 15 is 0 Å². The molecule has 0 amide bonds. The monoisotopic (exact) mass is 668 g/mol. The topological polar surface area (TPSA) is 167 Å². The van der Waals surface area contributed by atoms with Crippen LogP contribution in [0, 0.1) is 31.6 Å². The van der Waals surface area contributed by atoms with Gasteiger partial charge in [0.15, 0.2) is 6.23 Å². The average Bonchev–Trinajstić information content (AvgIpc) is 3.48. The van der Waals surface area contributed by atoms with E-state index in [2.05, 4.69) is 28.0 Å². The van der Waals surface area contributed by atoms with Gasteiger partial charge in [0.2, 0.25) is 0 Å². The molecule has 2 atom stereocenters. The second-order valence-electron chi connectivity index (χ2n) is 12.3. The smallest absolute Gasteiger partial charge is 0.342 e. The highest BCUT2D eigenvalue weighted by Crippen LogP contribution is 2.44. The number of ether oxygens (including phenoxy) is 3. The lowest BCUT2D eigenvalue weighted by atomic mass is 10.0. The van der Waals surface area contributed by atoms with Crippen molar-refractivity contribution in [3.05, 3.63) is 44.8 Å². The Labute approximate surface area is 272 Å². The lowest BCUT2D eigenvalue weighted by Gasteiger charge is -2.35. The molecular formula is C32H53N4O9P. The van der Waals surface area contributed by atoms with E-state index in [-0.39, 0.29) is 31.7 Å². The molecule has 0 saturated heterocycles. The van der Waals surface area contributed by atoms with Crippen molar-refractivity contribution in [1.29, 1.82) is 0 Å². The summed E-state index contributed by atoms with van der Waals surface area (Å²) in [5.41, 5.74) is -3.75. The molecule has 3 N–H and O–H groups in total. The summed E-state index contributed by atoms with van der Waals surface area (Å²) >= 11 is 0. The summed E-state index contributed by atoms with van der Waals surface area (Å²) in [6, 6.07) is 0. The van der Waals surface area contributed by atoms with Crippen LogP contribution in [0.1, 0.15) is 92.9 Å². The van der Waals surface area contributed by atoms with Crippen molar-refractivity contribution in [2.75, 3.05) is 19.8 Å². The van der Waals surface area contributed by atoms with E-state index in [1.165, 1.54) is 38.5 Å². The highest BCUT2D eigenvalue weighted by Gasteiger charge is 2.44. The third-order valence-corrected chi connectivity index (χ3v) is 9.95. The number of nitrogens with zero attached hydrogens (tertiary/aromatic N) is 1. The van der Waals surface area contributed by atoms with Crippen molar-refractivity contribution in [3.8, 4) is 12.8 Å². The van der Waals surface area contributed by atoms with Gasteiger partial charge in [-0.2, -0.15) is 0 Å². The number of hydrogen-bond acceptors (Lipinski definition) is 9. The molecular weight excluding hydrogens is 615 g/mol. The Morgan fingerprint density at radius 1 is 0.935 bits per heavy atom. The van der Waals surface area contributed by atoms with Crippen LogP contribution >= 0.6 is 7.67 Å². The van der Waals surface area contributed by atoms with Crippen LogP contribution in [0.5, 0.6) is 0 Å². The number of terminal acetylenes is 1. The van der Waals surface area contributed by atoms with Crippen LogP contribution in [-0.2, 0) is 32.9 Å². The molecule has 46 heavy (non-hydrogen) atoms. The standard InChI is InChI=1S/C30H51N4O9P.C2H2/c1-10-21(11-2)17-40-26(36)29(6,7)32-44(39,33-30(8,9)27(37)41-18-22(12-3)13-4)42-19-23-14-15-24(43-23)34-16-20(5)25(35)31-28(34)38;1-2/h14-16,21-24H,10-13,17-19H2,1-9H3,(H,31,35,38)(H2,32,33,39);1-2H/t23-,24+;/m0./s1. The Hall–Kier alpha value is -3.01. The highest BCUT2D eigenvalue weighted by molar-refractivity contribution is 7.54. The number of rotatable bonds is 18. The van der Waals surface area contributed by atoms with Gasteiger partial charge in [0.25, 0.3) is 5.56 Å². The lowest BCUT2D eigenvalue weighted by molar-refractivity contribution is -0.151. The van der Waals surface area contributed by atoms with Crippen molar-refractivity contribution in [2.24, 2.45) is 11.8 Å². The molecule has 14 heteroatoms. The molecule has 0 aromatic carbocycles. The molecule has 1 aromatic rings. The summed E-state index contributed by atoms with van der Waals surface area (Å²) in [6.07, 6.45) is 14.4. The zero-order chi connectivity index (χ0) is 35.3. The maximum absolute atomic E-state index is 14.4. The van der Waals surface area contributed by atoms with Gasteiger partial charge in [0.1, 0.15) is 17.2 Å². The molecule has 0 saturated carbocycles. The van der Waals surface area contributed by atoms with Gasteiger partial charge in [-0.05, 0) is 52.5 Å². The third-order valence-electron chi connectivity index (χ3n) is 7.73. The number of carbonyl (C=O) groups excluding carboxylic acids is 2. The zero-order valence-corrected chi connectivity index (χ0v) is 29.6. The summed E-state index contributed by atoms with van der Waals surface area (Å²) in [6.45, 7) is 15.9. The summed E-state index contributed by atoms with van der Waals surface area (Å²) in [7, 11) is -4.19. The van der Waals surface area contributed by atoms with Gasteiger partial charge < -0.3 is 18.7 Å². The maximum atomic E-state index is 14.4. The van der Waals surface area contributed by atoms with E-state index in [1.807, 2.05) is 27.7 Å². The molecule has 2 rings (SSSR count). The van der Waals surface area contributed by atoms with E-state index in [4.69, 9.17) is 18.7 Å². The Morgan fingerprint density at radius 2 is 1.39 bits per heavy atom. The molecule has 0 aliphatic carbocycles. The predicted octanol–water partition coefficient (Wildman–Crippen LogP) is 4.37. The number of hydrogen-bond donors (Lipinski definition) is 3. The van der Waals surface area contributed by atoms with Gasteiger partial charge in [-0.15, -0.1) is 12.8 Å². The Bertz CT molecular complexity index is 1310. The summed E-state index contributed by atoms with van der Waals surface area (Å²) < 4.78 is 38.4. The van der Waals surface area contributed by atoms with E-state index < -0.39 is 54.3 Å². The van der Waals surface area contributed by atoms with Crippen LogP contribution in [0.2, 0.25) is 0 Å². The fraction of sp³-hybridized carbons (Fsp3) is 0.688. The van der Waals surface area contributed by atoms with Gasteiger partial charge in [0, 0.05) is 11.8 Å². The molecule has 260 valence electrons. The molecule has 1 aliphatic rings. The molecule has 0 spiro atoms. The Kier molecular flexibility index (Phi) is 16.4. The van der Waals surface area contributed by atoms with Crippen LogP contribution in [0.25, 0.3) is 0 Å². The number of aromatic amines is 1. The van der Waals surface area contributed by atoms with E-state index in [9.17, 15) is 23.7 Å². The van der Waals surface area contributed by atoms with Gasteiger partial charge in [-0.1, -0.05) is 59.5 Å². The number of nitrogens with one attached hydrogen (secondary N) is 3. The first kappa shape index (κ1) is 41.0. The van der Waals surface area contributed by atoms with E-state index in [0.29, 0.717) is 5.56 Å². The number of esters is 2. The van der Waals surface area contributed by atoms with Crippen LogP contribution in [0.15, 0.2) is 27.9 Å². The molecule has 0 radical (unpaired) electrons. The molecule has 0 unspecified atom stereocenters. The second kappa shape index (κ2) is 18.4. The molecule has 1 aliphatic heterocycles. The number of aromatic nitrogens is 2. The summed E-state index contributed by atoms with van der Waals surface area (Å²) in [4.78, 5) is 52.5. The van der Waals surface area contributed by atoms with Crippen LogP contribution in [0.4, 0.5) is 0 Å². The SMILES string of the molecule is C#C.CCC(CC)COC(=O)C(C)(C)NP(=O)(NC(C)(C)C(=O)OCC(CC)CC)OC[C@@H]1C=C[C@H](n2cc(C)c(=O)[nH]c2=O)O1. The molecule has 1 aromatic heterocycles. The van der Waals surface area contributed by atoms with Crippen molar-refractivity contribution < 1.29 is 32.9 Å². The Morgan fingerprint density at radius 3 is 1.83 bits per heavy atom. The first-order valence-electron chi connectivity index (χ1n) is 15.7. The maximum Gasteiger partial charge on any atom is 0.342 e. The van der Waals surface area contributed by atoms with Gasteiger partial charge in [-0.25, -0.2) is 15.0 Å². The van der Waals surface area contributed by atoms with Crippen molar-refractivity contribution in [3.63, 3.8) is 0 Å². The van der Waals surface area contributed by atoms with Gasteiger partial charge in [-0.3, -0.25) is 28.5 Å². The number of H-pyrrole nitrogens is 1. The van der Waals surface area contributed by atoms with Crippen LogP contribution < -0.4 is 21.4 Å². The average molecular weight is 669 g/mol. The first-order chi connectivity index (χ1) is 21.5. The molecule has 0 fully saturated rings. The fourth-order valence-corrected chi connectivity index (χ4v) is 6.61. The number of carbonyl (C=O) groups is 2. The molecule has 0 bridgehead atoms. The molecule has 2 heterocycles. The van der Waals surface area contributed by atoms with E-state index in [1.54, 1.807) is 19.1 Å². The third kappa shape index (κ3) is 12.0. The number of aryl methyl sites for hydroxylation is 1. The Balaban J connectivity index is 0.00000518. The predicted molar refractivity (Wildman–Crippen MR) is 177 cm³/mol. The van der Waals surface area contributed by atoms with Gasteiger partial charge >= 0.3 is 25.3 Å². The minimum absolute atomic E-state index is 0.192. The normalized spacial score (nSPS) is 16.7. The summed E-state index contributed by atoms with van der Waals surface area (Å²) in [5, 5.41) is 5.56. The fourth-order valence-electron chi connectivity index (χ4n) is 4.41. The van der Waals surface area contributed by atoms with E-state index in [0.717, 1.165) is 25.7 Å². The van der Waals surface area contributed by atoms with Crippen LogP contribution in [-0.4, -0.2) is 58.5 Å². The minimum Gasteiger partial charge on any atom is -0.464 e. The summed E-state index contributed by atoms with van der Waals surface area (Å²) in [5.74, 6) is -0.876. The quantitative estimate of drug-likeness (QED) is 0.0880. The highest BCUT2D eigenvalue weighted by atomic mass is 31.2. The molecule has 13 nitrogen and oxygen atoms in total. The lowest BCUT2D eigenvalue weighted by Crippen LogP contribution is -2.54. The van der Waals surface area contributed by atoms with Crippen molar-refractivity contribution in [1.82, 2.24) is 19.7 Å². The van der Waals surface area contributed by atoms with Crippen molar-refractivity contribution in [2.45, 2.75) is 111 Å². The minimum atomic E-state index is -4.19. The first-order valence-corrected chi connectivity index (χ1v) is 17.3. The largest absolute Gasteiger partial charge is 0.464 e. The second-order valence-corrected chi connectivity index (χ2v) is 14.1. The van der Waals surface area contributed by atoms with Gasteiger partial charge in [0.05, 0.1) is 19.8 Å².